The summed E-state index contributed by atoms with van der Waals surface area (Å²) < 4.78 is 0. The van der Waals surface area contributed by atoms with Crippen molar-refractivity contribution in [3.8, 4) is 11.3 Å². The van der Waals surface area contributed by atoms with Gasteiger partial charge in [-0.05, 0) is 37.4 Å². The summed E-state index contributed by atoms with van der Waals surface area (Å²) in [5.74, 6) is 0.843. The lowest BCUT2D eigenvalue weighted by Gasteiger charge is -2.45. The average molecular weight is 304 g/mol. The Hall–Kier alpha value is -2.33. The molecule has 0 radical (unpaired) electrons. The molecule has 4 heterocycles. The highest BCUT2D eigenvalue weighted by Crippen LogP contribution is 2.36. The van der Waals surface area contributed by atoms with Gasteiger partial charge >= 0.3 is 0 Å². The van der Waals surface area contributed by atoms with Crippen molar-refractivity contribution in [3.63, 3.8) is 0 Å². The Morgan fingerprint density at radius 3 is 2.87 bits per heavy atom. The van der Waals surface area contributed by atoms with Gasteiger partial charge in [-0.1, -0.05) is 6.07 Å². The van der Waals surface area contributed by atoms with Gasteiger partial charge in [-0.15, -0.1) is 0 Å². The van der Waals surface area contributed by atoms with Crippen molar-refractivity contribution in [1.29, 1.82) is 0 Å². The smallest absolute Gasteiger partial charge is 0.0703 e. The van der Waals surface area contributed by atoms with E-state index in [1.165, 1.54) is 41.8 Å². The summed E-state index contributed by atoms with van der Waals surface area (Å²) in [5.41, 5.74) is 4.64. The fraction of sp³-hybridized carbons (Fsp3) is 0.316. The minimum absolute atomic E-state index is 0.684. The van der Waals surface area contributed by atoms with Crippen LogP contribution in [0.2, 0.25) is 0 Å². The number of benzene rings is 1. The van der Waals surface area contributed by atoms with E-state index in [1.807, 2.05) is 12.4 Å². The van der Waals surface area contributed by atoms with Crippen molar-refractivity contribution in [2.45, 2.75) is 6.04 Å². The molecule has 2 unspecified atom stereocenters. The van der Waals surface area contributed by atoms with Gasteiger partial charge in [0.2, 0.25) is 0 Å². The quantitative estimate of drug-likeness (QED) is 0.790. The molecule has 0 spiro atoms. The number of nitrogens with zero attached hydrogens (tertiary/aromatic N) is 3. The Morgan fingerprint density at radius 2 is 2.04 bits per heavy atom. The van der Waals surface area contributed by atoms with E-state index in [4.69, 9.17) is 4.98 Å². The van der Waals surface area contributed by atoms with Crippen molar-refractivity contribution < 1.29 is 0 Å². The maximum atomic E-state index is 4.71. The van der Waals surface area contributed by atoms with Crippen LogP contribution in [0.4, 0.5) is 5.69 Å². The van der Waals surface area contributed by atoms with E-state index in [-0.39, 0.29) is 0 Å². The van der Waals surface area contributed by atoms with Crippen molar-refractivity contribution in [1.82, 2.24) is 14.9 Å². The molecule has 2 aromatic heterocycles. The number of aromatic amines is 1. The zero-order valence-electron chi connectivity index (χ0n) is 13.2. The summed E-state index contributed by atoms with van der Waals surface area (Å²) in [7, 11) is 2.22. The van der Waals surface area contributed by atoms with Crippen molar-refractivity contribution in [3.05, 3.63) is 48.8 Å². The number of hydrogen-bond acceptors (Lipinski definition) is 3. The van der Waals surface area contributed by atoms with Crippen LogP contribution in [0.1, 0.15) is 0 Å². The molecule has 2 fully saturated rings. The summed E-state index contributed by atoms with van der Waals surface area (Å²) in [6, 6.07) is 13.6. The number of pyridine rings is 1. The first-order valence-electron chi connectivity index (χ1n) is 8.27. The number of aromatic nitrogens is 2. The normalized spacial score (nSPS) is 24.0. The second-order valence-electron chi connectivity index (χ2n) is 6.88. The zero-order chi connectivity index (χ0) is 15.4. The number of likely N-dealkylation sites (tertiary alicyclic amines) is 1. The van der Waals surface area contributed by atoms with E-state index in [9.17, 15) is 0 Å². The highest BCUT2D eigenvalue weighted by atomic mass is 15.3. The number of nitrogens with one attached hydrogen (secondary N) is 1. The maximum absolute atomic E-state index is 4.71. The van der Waals surface area contributed by atoms with Gasteiger partial charge in [-0.2, -0.15) is 0 Å². The molecule has 5 rings (SSSR count). The Bertz CT molecular complexity index is 851. The SMILES string of the molecule is CN1CC2CN(c3ccc(-c4ccc5[nH]ccc5c4)nc3)C2C1. The number of anilines is 1. The molecule has 0 amide bonds. The summed E-state index contributed by atoms with van der Waals surface area (Å²) in [6.07, 6.45) is 4.01. The number of fused-ring (bicyclic) bond motifs is 2. The average Bonchev–Trinajstić information content (AvgIpc) is 3.14. The van der Waals surface area contributed by atoms with E-state index >= 15 is 0 Å². The largest absolute Gasteiger partial charge is 0.365 e. The Morgan fingerprint density at radius 1 is 1.09 bits per heavy atom. The van der Waals surface area contributed by atoms with Gasteiger partial charge in [0, 0.05) is 54.3 Å². The second-order valence-corrected chi connectivity index (χ2v) is 6.88. The number of H-pyrrole nitrogens is 1. The zero-order valence-corrected chi connectivity index (χ0v) is 13.2. The van der Waals surface area contributed by atoms with E-state index in [0.29, 0.717) is 6.04 Å². The third-order valence-corrected chi connectivity index (χ3v) is 5.35. The van der Waals surface area contributed by atoms with Crippen LogP contribution in [-0.4, -0.2) is 47.6 Å². The van der Waals surface area contributed by atoms with Gasteiger partial charge in [-0.25, -0.2) is 0 Å². The molecule has 4 heteroatoms. The summed E-state index contributed by atoms with van der Waals surface area (Å²) >= 11 is 0. The predicted molar refractivity (Wildman–Crippen MR) is 93.7 cm³/mol. The highest BCUT2D eigenvalue weighted by Gasteiger charge is 2.44. The van der Waals surface area contributed by atoms with Crippen LogP contribution in [0.15, 0.2) is 48.8 Å². The third-order valence-electron chi connectivity index (χ3n) is 5.35. The lowest BCUT2D eigenvalue weighted by molar-refractivity contribution is 0.361. The molecular formula is C19H20N4. The molecule has 1 N–H and O–H groups in total. The van der Waals surface area contributed by atoms with Crippen LogP contribution in [0, 0.1) is 5.92 Å². The highest BCUT2D eigenvalue weighted by molar-refractivity contribution is 5.84. The van der Waals surface area contributed by atoms with Crippen LogP contribution in [0.5, 0.6) is 0 Å². The summed E-state index contributed by atoms with van der Waals surface area (Å²) in [6.45, 7) is 3.59. The van der Waals surface area contributed by atoms with E-state index < -0.39 is 0 Å². The predicted octanol–water partition coefficient (Wildman–Crippen LogP) is 2.98. The first kappa shape index (κ1) is 13.1. The molecule has 2 aliphatic rings. The molecule has 0 saturated carbocycles. The van der Waals surface area contributed by atoms with Gasteiger partial charge in [0.25, 0.3) is 0 Å². The van der Waals surface area contributed by atoms with Crippen LogP contribution >= 0.6 is 0 Å². The van der Waals surface area contributed by atoms with E-state index in [2.05, 4.69) is 58.2 Å². The molecule has 3 aromatic rings. The Kier molecular flexibility index (Phi) is 2.76. The molecule has 2 aliphatic heterocycles. The first-order valence-corrected chi connectivity index (χ1v) is 8.27. The molecule has 2 atom stereocenters. The first-order chi connectivity index (χ1) is 11.3. The molecule has 116 valence electrons. The summed E-state index contributed by atoms with van der Waals surface area (Å²) in [5, 5.41) is 1.23. The van der Waals surface area contributed by atoms with Crippen molar-refractivity contribution >= 4 is 16.6 Å². The fourth-order valence-electron chi connectivity index (χ4n) is 4.08. The molecular weight excluding hydrogens is 284 g/mol. The Balaban J connectivity index is 1.41. The van der Waals surface area contributed by atoms with Gasteiger partial charge in [0.05, 0.1) is 17.6 Å². The van der Waals surface area contributed by atoms with Gasteiger partial charge < -0.3 is 14.8 Å². The van der Waals surface area contributed by atoms with Crippen LogP contribution in [0.25, 0.3) is 22.2 Å². The van der Waals surface area contributed by atoms with Gasteiger partial charge in [-0.3, -0.25) is 4.98 Å². The van der Waals surface area contributed by atoms with Crippen LogP contribution in [-0.2, 0) is 0 Å². The van der Waals surface area contributed by atoms with Crippen LogP contribution in [0.3, 0.4) is 0 Å². The molecule has 23 heavy (non-hydrogen) atoms. The fourth-order valence-corrected chi connectivity index (χ4v) is 4.08. The second kappa shape index (κ2) is 4.83. The molecule has 2 saturated heterocycles. The van der Waals surface area contributed by atoms with Crippen LogP contribution < -0.4 is 4.90 Å². The molecule has 0 aliphatic carbocycles. The van der Waals surface area contributed by atoms with Gasteiger partial charge in [0.1, 0.15) is 0 Å². The lowest BCUT2D eigenvalue weighted by Crippen LogP contribution is -2.55. The van der Waals surface area contributed by atoms with E-state index in [1.54, 1.807) is 0 Å². The maximum Gasteiger partial charge on any atom is 0.0703 e. The Labute approximate surface area is 135 Å². The standard InChI is InChI=1S/C19H20N4/c1-22-10-15-11-23(19(15)12-22)16-3-5-18(21-9-16)13-2-4-17-14(8-13)6-7-20-17/h2-9,15,19-20H,10-12H2,1H3. The summed E-state index contributed by atoms with van der Waals surface area (Å²) in [4.78, 5) is 12.9. The van der Waals surface area contributed by atoms with Gasteiger partial charge in [0.15, 0.2) is 0 Å². The number of likely N-dealkylation sites (N-methyl/N-ethyl adjacent to an activating group) is 1. The number of hydrogen-bond donors (Lipinski definition) is 1. The van der Waals surface area contributed by atoms with Crippen molar-refractivity contribution in [2.24, 2.45) is 5.92 Å². The minimum Gasteiger partial charge on any atom is -0.365 e. The topological polar surface area (TPSA) is 35.2 Å². The minimum atomic E-state index is 0.684. The molecule has 4 nitrogen and oxygen atoms in total. The number of rotatable bonds is 2. The molecule has 1 aromatic carbocycles. The third kappa shape index (κ3) is 2.05. The van der Waals surface area contributed by atoms with Crippen molar-refractivity contribution in [2.75, 3.05) is 31.6 Å². The molecule has 0 bridgehead atoms. The lowest BCUT2D eigenvalue weighted by atomic mass is 9.91. The monoisotopic (exact) mass is 304 g/mol. The van der Waals surface area contributed by atoms with E-state index in [0.717, 1.165) is 11.6 Å².